The smallest absolute Gasteiger partial charge is 0.315 e. The maximum absolute atomic E-state index is 12.2. The van der Waals surface area contributed by atoms with Crippen molar-refractivity contribution < 1.29 is 14.3 Å². The van der Waals surface area contributed by atoms with Crippen LogP contribution in [-0.2, 0) is 16.0 Å². The molecule has 1 aliphatic heterocycles. The molecular formula is C16H20O3. The predicted octanol–water partition coefficient (Wildman–Crippen LogP) is 3.07. The van der Waals surface area contributed by atoms with Gasteiger partial charge in [-0.2, -0.15) is 0 Å². The number of hydrogen-bond donors (Lipinski definition) is 0. The van der Waals surface area contributed by atoms with Crippen LogP contribution in [0, 0.1) is 5.92 Å². The molecule has 3 unspecified atom stereocenters. The van der Waals surface area contributed by atoms with Crippen LogP contribution in [-0.4, -0.2) is 19.2 Å². The molecule has 19 heavy (non-hydrogen) atoms. The van der Waals surface area contributed by atoms with E-state index in [2.05, 4.69) is 19.1 Å². The monoisotopic (exact) mass is 260 g/mol. The number of methoxy groups -OCH3 is 1. The number of rotatable bonds is 2. The first kappa shape index (κ1) is 12.7. The van der Waals surface area contributed by atoms with Gasteiger partial charge in [-0.05, 0) is 42.9 Å². The van der Waals surface area contributed by atoms with E-state index in [1.165, 1.54) is 11.1 Å². The number of hydrogen-bond acceptors (Lipinski definition) is 3. The van der Waals surface area contributed by atoms with Gasteiger partial charge < -0.3 is 9.47 Å². The minimum atomic E-state index is -0.0764. The Balaban J connectivity index is 1.93. The molecule has 0 spiro atoms. The van der Waals surface area contributed by atoms with Gasteiger partial charge in [0.1, 0.15) is 5.75 Å². The number of benzene rings is 1. The molecule has 1 saturated carbocycles. The first-order chi connectivity index (χ1) is 9.22. The number of fused-ring (bicyclic) bond motifs is 3. The summed E-state index contributed by atoms with van der Waals surface area (Å²) in [6.07, 6.45) is 3.99. The SMILES string of the molecule is CCc1ccc2c(c1)OC(=O)C1CC(OC)CCC21. The van der Waals surface area contributed by atoms with E-state index >= 15 is 0 Å². The first-order valence-corrected chi connectivity index (χ1v) is 7.10. The van der Waals surface area contributed by atoms with Crippen molar-refractivity contribution in [1.82, 2.24) is 0 Å². The highest BCUT2D eigenvalue weighted by Crippen LogP contribution is 2.46. The fourth-order valence-electron chi connectivity index (χ4n) is 3.36. The van der Waals surface area contributed by atoms with Crippen molar-refractivity contribution in [1.29, 1.82) is 0 Å². The van der Waals surface area contributed by atoms with Gasteiger partial charge in [0.05, 0.1) is 12.0 Å². The van der Waals surface area contributed by atoms with Gasteiger partial charge in [0, 0.05) is 13.0 Å². The molecule has 1 fully saturated rings. The van der Waals surface area contributed by atoms with Crippen LogP contribution < -0.4 is 4.74 Å². The third-order valence-electron chi connectivity index (χ3n) is 4.53. The molecule has 0 aromatic heterocycles. The van der Waals surface area contributed by atoms with E-state index in [1.807, 2.05) is 6.07 Å². The zero-order chi connectivity index (χ0) is 13.4. The van der Waals surface area contributed by atoms with Gasteiger partial charge in [-0.25, -0.2) is 0 Å². The highest BCUT2D eigenvalue weighted by atomic mass is 16.5. The van der Waals surface area contributed by atoms with Gasteiger partial charge in [0.15, 0.2) is 0 Å². The second-order valence-corrected chi connectivity index (χ2v) is 5.53. The van der Waals surface area contributed by atoms with Gasteiger partial charge in [0.2, 0.25) is 0 Å². The zero-order valence-electron chi connectivity index (χ0n) is 11.5. The van der Waals surface area contributed by atoms with E-state index in [4.69, 9.17) is 9.47 Å². The number of esters is 1. The standard InChI is InChI=1S/C16H20O3/c1-3-10-4-6-13-12-7-5-11(18-2)9-14(12)16(17)19-15(13)8-10/h4,6,8,11-12,14H,3,5,7,9H2,1-2H3. The minimum Gasteiger partial charge on any atom is -0.426 e. The lowest BCUT2D eigenvalue weighted by Crippen LogP contribution is -2.38. The molecule has 102 valence electrons. The van der Waals surface area contributed by atoms with Crippen molar-refractivity contribution in [3.05, 3.63) is 29.3 Å². The largest absolute Gasteiger partial charge is 0.426 e. The summed E-state index contributed by atoms with van der Waals surface area (Å²) in [4.78, 5) is 12.2. The van der Waals surface area contributed by atoms with Gasteiger partial charge in [-0.1, -0.05) is 19.1 Å². The number of carbonyl (C=O) groups is 1. The number of aryl methyl sites for hydroxylation is 1. The third-order valence-corrected chi connectivity index (χ3v) is 4.53. The van der Waals surface area contributed by atoms with Crippen LogP contribution in [0.4, 0.5) is 0 Å². The Bertz CT molecular complexity index is 495. The van der Waals surface area contributed by atoms with E-state index in [-0.39, 0.29) is 18.0 Å². The van der Waals surface area contributed by atoms with Crippen molar-refractivity contribution in [2.24, 2.45) is 5.92 Å². The summed E-state index contributed by atoms with van der Waals surface area (Å²) >= 11 is 0. The lowest BCUT2D eigenvalue weighted by molar-refractivity contribution is -0.144. The average Bonchev–Trinajstić information content (AvgIpc) is 2.46. The molecule has 3 nitrogen and oxygen atoms in total. The summed E-state index contributed by atoms with van der Waals surface area (Å²) in [6, 6.07) is 6.31. The summed E-state index contributed by atoms with van der Waals surface area (Å²) in [5.41, 5.74) is 2.42. The van der Waals surface area contributed by atoms with Crippen LogP contribution in [0.15, 0.2) is 18.2 Å². The Morgan fingerprint density at radius 3 is 2.89 bits per heavy atom. The minimum absolute atomic E-state index is 0.0290. The van der Waals surface area contributed by atoms with Crippen molar-refractivity contribution in [3.63, 3.8) is 0 Å². The van der Waals surface area contributed by atoms with Crippen molar-refractivity contribution >= 4 is 5.97 Å². The normalized spacial score (nSPS) is 29.4. The molecule has 0 bridgehead atoms. The van der Waals surface area contributed by atoms with Crippen LogP contribution in [0.1, 0.15) is 43.2 Å². The van der Waals surface area contributed by atoms with E-state index in [0.29, 0.717) is 5.92 Å². The van der Waals surface area contributed by atoms with E-state index in [1.54, 1.807) is 7.11 Å². The molecule has 3 heteroatoms. The fourth-order valence-corrected chi connectivity index (χ4v) is 3.36. The van der Waals surface area contributed by atoms with Gasteiger partial charge in [0.25, 0.3) is 0 Å². The van der Waals surface area contributed by atoms with E-state index in [0.717, 1.165) is 31.4 Å². The molecule has 1 aromatic carbocycles. The molecule has 0 saturated heterocycles. The summed E-state index contributed by atoms with van der Waals surface area (Å²) in [6.45, 7) is 2.11. The highest BCUT2D eigenvalue weighted by molar-refractivity contribution is 5.79. The second-order valence-electron chi connectivity index (χ2n) is 5.53. The maximum atomic E-state index is 12.2. The van der Waals surface area contributed by atoms with Crippen LogP contribution >= 0.6 is 0 Å². The Morgan fingerprint density at radius 1 is 1.32 bits per heavy atom. The molecule has 2 aliphatic rings. The fraction of sp³-hybridized carbons (Fsp3) is 0.562. The number of carbonyl (C=O) groups excluding carboxylic acids is 1. The molecule has 3 rings (SSSR count). The summed E-state index contributed by atoms with van der Waals surface area (Å²) in [5.74, 6) is 0.987. The van der Waals surface area contributed by atoms with Crippen LogP contribution in [0.5, 0.6) is 5.75 Å². The van der Waals surface area contributed by atoms with Crippen molar-refractivity contribution in [2.45, 2.75) is 44.6 Å². The lowest BCUT2D eigenvalue weighted by Gasteiger charge is -2.38. The van der Waals surface area contributed by atoms with Gasteiger partial charge in [-0.15, -0.1) is 0 Å². The molecule has 3 atom stereocenters. The van der Waals surface area contributed by atoms with Crippen molar-refractivity contribution in [2.75, 3.05) is 7.11 Å². The van der Waals surface area contributed by atoms with Crippen LogP contribution in [0.3, 0.4) is 0 Å². The Morgan fingerprint density at radius 2 is 2.16 bits per heavy atom. The topological polar surface area (TPSA) is 35.5 Å². The zero-order valence-corrected chi connectivity index (χ0v) is 11.5. The second kappa shape index (κ2) is 4.97. The van der Waals surface area contributed by atoms with Crippen molar-refractivity contribution in [3.8, 4) is 5.75 Å². The molecular weight excluding hydrogens is 240 g/mol. The maximum Gasteiger partial charge on any atom is 0.315 e. The molecule has 1 aromatic rings. The molecule has 0 N–H and O–H groups in total. The summed E-state index contributed by atoms with van der Waals surface area (Å²) in [7, 11) is 1.72. The summed E-state index contributed by atoms with van der Waals surface area (Å²) < 4.78 is 10.9. The Hall–Kier alpha value is -1.35. The van der Waals surface area contributed by atoms with Crippen LogP contribution in [0.2, 0.25) is 0 Å². The molecule has 0 radical (unpaired) electrons. The Labute approximate surface area is 113 Å². The van der Waals surface area contributed by atoms with Gasteiger partial charge in [-0.3, -0.25) is 4.79 Å². The quantitative estimate of drug-likeness (QED) is 0.605. The summed E-state index contributed by atoms with van der Waals surface area (Å²) in [5, 5.41) is 0. The Kier molecular flexibility index (Phi) is 3.31. The van der Waals surface area contributed by atoms with Crippen LogP contribution in [0.25, 0.3) is 0 Å². The lowest BCUT2D eigenvalue weighted by atomic mass is 9.72. The third kappa shape index (κ3) is 2.16. The van der Waals surface area contributed by atoms with E-state index < -0.39 is 0 Å². The number of ether oxygens (including phenoxy) is 2. The molecule has 0 amide bonds. The van der Waals surface area contributed by atoms with Gasteiger partial charge >= 0.3 is 5.97 Å². The predicted molar refractivity (Wildman–Crippen MR) is 72.3 cm³/mol. The molecule has 1 aliphatic carbocycles. The van der Waals surface area contributed by atoms with E-state index in [9.17, 15) is 4.79 Å². The average molecular weight is 260 g/mol. The first-order valence-electron chi connectivity index (χ1n) is 7.10. The highest BCUT2D eigenvalue weighted by Gasteiger charge is 2.42. The molecule has 1 heterocycles.